The molecule has 2 aromatic rings. The summed E-state index contributed by atoms with van der Waals surface area (Å²) in [5.41, 5.74) is 7.92. The summed E-state index contributed by atoms with van der Waals surface area (Å²) in [5.74, 6) is 0.640. The van der Waals surface area contributed by atoms with E-state index in [1.54, 1.807) is 12.3 Å². The van der Waals surface area contributed by atoms with Gasteiger partial charge in [0.15, 0.2) is 0 Å². The normalized spacial score (nSPS) is 12.4. The number of hydrogen-bond acceptors (Lipinski definition) is 4. The number of rotatable bonds is 5. The highest BCUT2D eigenvalue weighted by Gasteiger charge is 2.22. The SMILES string of the molecule is Cc1cccnc1C(NC(=O)c1coc(CN)c1)C(C)C. The Balaban J connectivity index is 2.21. The Labute approximate surface area is 124 Å². The first-order valence-corrected chi connectivity index (χ1v) is 7.02. The summed E-state index contributed by atoms with van der Waals surface area (Å²) in [6.45, 7) is 6.38. The van der Waals surface area contributed by atoms with E-state index in [0.717, 1.165) is 11.3 Å². The number of aryl methyl sites for hydroxylation is 1. The lowest BCUT2D eigenvalue weighted by Gasteiger charge is -2.23. The fourth-order valence-electron chi connectivity index (χ4n) is 2.21. The van der Waals surface area contributed by atoms with Crippen molar-refractivity contribution in [2.75, 3.05) is 0 Å². The number of carbonyl (C=O) groups excluding carboxylic acids is 1. The third-order valence-corrected chi connectivity index (χ3v) is 3.41. The van der Waals surface area contributed by atoms with Gasteiger partial charge in [-0.25, -0.2) is 0 Å². The smallest absolute Gasteiger partial charge is 0.255 e. The summed E-state index contributed by atoms with van der Waals surface area (Å²) in [6, 6.07) is 5.41. The lowest BCUT2D eigenvalue weighted by atomic mass is 9.97. The molecule has 2 heterocycles. The van der Waals surface area contributed by atoms with Crippen molar-refractivity contribution in [1.82, 2.24) is 10.3 Å². The van der Waals surface area contributed by atoms with E-state index in [9.17, 15) is 4.79 Å². The average Bonchev–Trinajstić information content (AvgIpc) is 2.94. The van der Waals surface area contributed by atoms with E-state index in [2.05, 4.69) is 24.1 Å². The van der Waals surface area contributed by atoms with E-state index in [4.69, 9.17) is 10.2 Å². The summed E-state index contributed by atoms with van der Waals surface area (Å²) >= 11 is 0. The van der Waals surface area contributed by atoms with Gasteiger partial charge in [0.25, 0.3) is 5.91 Å². The van der Waals surface area contributed by atoms with Gasteiger partial charge < -0.3 is 15.5 Å². The van der Waals surface area contributed by atoms with Crippen LogP contribution in [0.15, 0.2) is 35.1 Å². The predicted octanol–water partition coefficient (Wildman–Crippen LogP) is 2.57. The number of nitrogens with one attached hydrogen (secondary N) is 1. The first kappa shape index (κ1) is 15.3. The van der Waals surface area contributed by atoms with Crippen molar-refractivity contribution < 1.29 is 9.21 Å². The molecule has 0 saturated carbocycles. The Morgan fingerprint density at radius 1 is 1.48 bits per heavy atom. The summed E-state index contributed by atoms with van der Waals surface area (Å²) in [7, 11) is 0. The number of aromatic nitrogens is 1. The van der Waals surface area contributed by atoms with Crippen LogP contribution in [0.5, 0.6) is 0 Å². The zero-order chi connectivity index (χ0) is 15.4. The Morgan fingerprint density at radius 3 is 2.81 bits per heavy atom. The number of nitrogens with two attached hydrogens (primary N) is 1. The number of pyridine rings is 1. The number of nitrogens with zero attached hydrogens (tertiary/aromatic N) is 1. The van der Waals surface area contributed by atoms with Crippen LogP contribution >= 0.6 is 0 Å². The molecule has 0 radical (unpaired) electrons. The Morgan fingerprint density at radius 2 is 2.24 bits per heavy atom. The summed E-state index contributed by atoms with van der Waals surface area (Å²) in [4.78, 5) is 16.7. The van der Waals surface area contributed by atoms with Crippen LogP contribution in [-0.2, 0) is 6.54 Å². The Hall–Kier alpha value is -2.14. The minimum absolute atomic E-state index is 0.144. The maximum Gasteiger partial charge on any atom is 0.255 e. The highest BCUT2D eigenvalue weighted by atomic mass is 16.3. The zero-order valence-corrected chi connectivity index (χ0v) is 12.6. The summed E-state index contributed by atoms with van der Waals surface area (Å²) in [6.07, 6.45) is 3.18. The molecule has 0 aliphatic carbocycles. The van der Waals surface area contributed by atoms with Crippen LogP contribution in [-0.4, -0.2) is 10.9 Å². The minimum atomic E-state index is -0.179. The van der Waals surface area contributed by atoms with Crippen molar-refractivity contribution in [2.24, 2.45) is 11.7 Å². The molecule has 3 N–H and O–H groups in total. The van der Waals surface area contributed by atoms with Gasteiger partial charge in [-0.05, 0) is 30.5 Å². The number of hydrogen-bond donors (Lipinski definition) is 2. The van der Waals surface area contributed by atoms with E-state index >= 15 is 0 Å². The molecule has 0 saturated heterocycles. The van der Waals surface area contributed by atoms with Crippen molar-refractivity contribution >= 4 is 5.91 Å². The van der Waals surface area contributed by atoms with Gasteiger partial charge in [-0.15, -0.1) is 0 Å². The van der Waals surface area contributed by atoms with Crippen molar-refractivity contribution in [3.8, 4) is 0 Å². The highest BCUT2D eigenvalue weighted by molar-refractivity contribution is 5.94. The molecule has 0 aliphatic heterocycles. The van der Waals surface area contributed by atoms with E-state index in [-0.39, 0.29) is 24.4 Å². The van der Waals surface area contributed by atoms with Gasteiger partial charge in [0.1, 0.15) is 12.0 Å². The first-order chi connectivity index (χ1) is 10.0. The van der Waals surface area contributed by atoms with Gasteiger partial charge in [0.05, 0.1) is 23.8 Å². The molecule has 1 unspecified atom stereocenters. The minimum Gasteiger partial charge on any atom is -0.467 e. The summed E-state index contributed by atoms with van der Waals surface area (Å²) < 4.78 is 5.20. The van der Waals surface area contributed by atoms with Gasteiger partial charge in [-0.3, -0.25) is 9.78 Å². The molecule has 1 atom stereocenters. The second-order valence-electron chi connectivity index (χ2n) is 5.41. The molecule has 5 heteroatoms. The van der Waals surface area contributed by atoms with Crippen molar-refractivity contribution in [3.05, 3.63) is 53.2 Å². The fourth-order valence-corrected chi connectivity index (χ4v) is 2.21. The van der Waals surface area contributed by atoms with Crippen LogP contribution in [0.2, 0.25) is 0 Å². The number of carbonyl (C=O) groups is 1. The van der Waals surface area contributed by atoms with Crippen LogP contribution in [0.25, 0.3) is 0 Å². The maximum absolute atomic E-state index is 12.3. The molecule has 2 aromatic heterocycles. The van der Waals surface area contributed by atoms with E-state index in [0.29, 0.717) is 11.3 Å². The third kappa shape index (κ3) is 3.49. The number of amides is 1. The second kappa shape index (κ2) is 6.54. The van der Waals surface area contributed by atoms with Gasteiger partial charge in [-0.1, -0.05) is 19.9 Å². The van der Waals surface area contributed by atoms with E-state index in [1.165, 1.54) is 6.26 Å². The van der Waals surface area contributed by atoms with Crippen LogP contribution in [0.1, 0.15) is 47.3 Å². The molecule has 0 fully saturated rings. The van der Waals surface area contributed by atoms with Gasteiger partial charge >= 0.3 is 0 Å². The lowest BCUT2D eigenvalue weighted by molar-refractivity contribution is 0.0923. The largest absolute Gasteiger partial charge is 0.467 e. The van der Waals surface area contributed by atoms with Crippen LogP contribution in [0.3, 0.4) is 0 Å². The van der Waals surface area contributed by atoms with Gasteiger partial charge in [0.2, 0.25) is 0 Å². The first-order valence-electron chi connectivity index (χ1n) is 7.02. The molecular formula is C16H21N3O2. The van der Waals surface area contributed by atoms with Crippen LogP contribution < -0.4 is 11.1 Å². The third-order valence-electron chi connectivity index (χ3n) is 3.41. The Kier molecular flexibility index (Phi) is 4.75. The van der Waals surface area contributed by atoms with Crippen LogP contribution in [0, 0.1) is 12.8 Å². The van der Waals surface area contributed by atoms with Gasteiger partial charge in [-0.2, -0.15) is 0 Å². The molecular weight excluding hydrogens is 266 g/mol. The molecule has 0 aromatic carbocycles. The van der Waals surface area contributed by atoms with Crippen molar-refractivity contribution in [3.63, 3.8) is 0 Å². The maximum atomic E-state index is 12.3. The van der Waals surface area contributed by atoms with Gasteiger partial charge in [0, 0.05) is 6.20 Å². The molecule has 21 heavy (non-hydrogen) atoms. The topological polar surface area (TPSA) is 81.2 Å². The quantitative estimate of drug-likeness (QED) is 0.885. The number of furan rings is 1. The Bertz CT molecular complexity index is 619. The molecule has 2 rings (SSSR count). The fraction of sp³-hybridized carbons (Fsp3) is 0.375. The zero-order valence-electron chi connectivity index (χ0n) is 12.6. The van der Waals surface area contributed by atoms with Crippen molar-refractivity contribution in [1.29, 1.82) is 0 Å². The second-order valence-corrected chi connectivity index (χ2v) is 5.41. The summed E-state index contributed by atoms with van der Waals surface area (Å²) in [5, 5.41) is 3.03. The van der Waals surface area contributed by atoms with Crippen molar-refractivity contribution in [2.45, 2.75) is 33.4 Å². The predicted molar refractivity (Wildman–Crippen MR) is 80.6 cm³/mol. The monoisotopic (exact) mass is 287 g/mol. The highest BCUT2D eigenvalue weighted by Crippen LogP contribution is 2.23. The molecule has 1 amide bonds. The standard InChI is InChI=1S/C16H21N3O2/c1-10(2)14(15-11(3)5-4-6-18-15)19-16(20)12-7-13(8-17)21-9-12/h4-7,9-10,14H,8,17H2,1-3H3,(H,19,20). The van der Waals surface area contributed by atoms with Crippen LogP contribution in [0.4, 0.5) is 0 Å². The lowest BCUT2D eigenvalue weighted by Crippen LogP contribution is -2.32. The van der Waals surface area contributed by atoms with E-state index < -0.39 is 0 Å². The molecule has 0 aliphatic rings. The molecule has 5 nitrogen and oxygen atoms in total. The molecule has 112 valence electrons. The molecule has 0 bridgehead atoms. The molecule has 0 spiro atoms. The van der Waals surface area contributed by atoms with E-state index in [1.807, 2.05) is 19.1 Å². The average molecular weight is 287 g/mol.